The number of thioether (sulfide) groups is 1. The second kappa shape index (κ2) is 10.4. The van der Waals surface area contributed by atoms with E-state index in [-0.39, 0.29) is 17.8 Å². The Morgan fingerprint density at radius 2 is 2.03 bits per heavy atom. The number of nitrogens with zero attached hydrogens (tertiary/aromatic N) is 3. The van der Waals surface area contributed by atoms with E-state index in [9.17, 15) is 9.18 Å². The molecule has 1 N–H and O–H groups in total. The highest BCUT2D eigenvalue weighted by molar-refractivity contribution is 7.98. The van der Waals surface area contributed by atoms with E-state index in [1.54, 1.807) is 30.1 Å². The molecule has 174 valence electrons. The summed E-state index contributed by atoms with van der Waals surface area (Å²) in [5.41, 5.74) is 4.16. The molecule has 1 aliphatic heterocycles. The second-order valence-corrected chi connectivity index (χ2v) is 9.23. The number of carbonyl (C=O) groups is 1. The monoisotopic (exact) mass is 476 g/mol. The molecule has 4 aromatic rings. The summed E-state index contributed by atoms with van der Waals surface area (Å²) < 4.78 is 21.2. The lowest BCUT2D eigenvalue weighted by atomic mass is 10.1. The van der Waals surface area contributed by atoms with Gasteiger partial charge in [-0.3, -0.25) is 9.36 Å². The van der Waals surface area contributed by atoms with Gasteiger partial charge in [0.1, 0.15) is 11.3 Å². The van der Waals surface area contributed by atoms with E-state index < -0.39 is 0 Å². The fourth-order valence-electron chi connectivity index (χ4n) is 4.02. The Balaban J connectivity index is 1.30. The van der Waals surface area contributed by atoms with Crippen LogP contribution in [0.5, 0.6) is 0 Å². The predicted octanol–water partition coefficient (Wildman–Crippen LogP) is 4.82. The van der Waals surface area contributed by atoms with Gasteiger partial charge in [0.15, 0.2) is 10.8 Å². The SMILES string of the molecule is O=C(NC[C@@H]1CCCO1)c1ccc(Cn2c(SCc3cccc(F)c3)nc3cccnc32)cc1. The van der Waals surface area contributed by atoms with E-state index in [0.717, 1.165) is 46.9 Å². The van der Waals surface area contributed by atoms with E-state index in [1.807, 2.05) is 42.5 Å². The third kappa shape index (κ3) is 5.29. The van der Waals surface area contributed by atoms with Gasteiger partial charge in [0.2, 0.25) is 0 Å². The summed E-state index contributed by atoms with van der Waals surface area (Å²) in [6, 6.07) is 18.0. The highest BCUT2D eigenvalue weighted by Crippen LogP contribution is 2.27. The summed E-state index contributed by atoms with van der Waals surface area (Å²) in [6.45, 7) is 1.88. The number of rotatable bonds is 8. The first-order chi connectivity index (χ1) is 16.7. The molecule has 1 amide bonds. The van der Waals surface area contributed by atoms with Crippen LogP contribution in [0.1, 0.15) is 34.3 Å². The van der Waals surface area contributed by atoms with Gasteiger partial charge in [-0.15, -0.1) is 0 Å². The molecule has 0 bridgehead atoms. The highest BCUT2D eigenvalue weighted by atomic mass is 32.2. The molecule has 0 saturated carbocycles. The minimum absolute atomic E-state index is 0.0943. The lowest BCUT2D eigenvalue weighted by Gasteiger charge is -2.12. The van der Waals surface area contributed by atoms with Crippen LogP contribution >= 0.6 is 11.8 Å². The fraction of sp³-hybridized carbons (Fsp3) is 0.269. The predicted molar refractivity (Wildman–Crippen MR) is 130 cm³/mol. The molecular formula is C26H25FN4O2S. The van der Waals surface area contributed by atoms with Crippen LogP contribution in [0.3, 0.4) is 0 Å². The summed E-state index contributed by atoms with van der Waals surface area (Å²) in [5, 5.41) is 3.77. The van der Waals surface area contributed by atoms with E-state index in [2.05, 4.69) is 14.9 Å². The number of hydrogen-bond acceptors (Lipinski definition) is 5. The van der Waals surface area contributed by atoms with Gasteiger partial charge in [-0.05, 0) is 60.4 Å². The molecule has 1 saturated heterocycles. The molecule has 0 unspecified atom stereocenters. The van der Waals surface area contributed by atoms with Crippen molar-refractivity contribution >= 4 is 28.8 Å². The van der Waals surface area contributed by atoms with Gasteiger partial charge in [-0.1, -0.05) is 36.0 Å². The summed E-state index contributed by atoms with van der Waals surface area (Å²) in [7, 11) is 0. The van der Waals surface area contributed by atoms with Crippen LogP contribution in [0, 0.1) is 5.82 Å². The molecule has 34 heavy (non-hydrogen) atoms. The maximum absolute atomic E-state index is 13.6. The molecular weight excluding hydrogens is 451 g/mol. The highest BCUT2D eigenvalue weighted by Gasteiger charge is 2.17. The Morgan fingerprint density at radius 1 is 1.15 bits per heavy atom. The van der Waals surface area contributed by atoms with Crippen molar-refractivity contribution in [2.45, 2.75) is 36.4 Å². The Morgan fingerprint density at radius 3 is 2.82 bits per heavy atom. The first kappa shape index (κ1) is 22.6. The zero-order chi connectivity index (χ0) is 23.3. The number of aromatic nitrogens is 3. The van der Waals surface area contributed by atoms with Gasteiger partial charge in [0.05, 0.1) is 12.6 Å². The van der Waals surface area contributed by atoms with Crippen molar-refractivity contribution in [2.75, 3.05) is 13.2 Å². The van der Waals surface area contributed by atoms with Crippen LogP contribution in [0.25, 0.3) is 11.2 Å². The number of nitrogens with one attached hydrogen (secondary N) is 1. The maximum Gasteiger partial charge on any atom is 0.251 e. The average molecular weight is 477 g/mol. The molecule has 6 nitrogen and oxygen atoms in total. The molecule has 5 rings (SSSR count). The van der Waals surface area contributed by atoms with Crippen LogP contribution < -0.4 is 5.32 Å². The molecule has 0 aliphatic carbocycles. The van der Waals surface area contributed by atoms with Crippen molar-refractivity contribution in [2.24, 2.45) is 0 Å². The van der Waals surface area contributed by atoms with Gasteiger partial charge < -0.3 is 10.1 Å². The van der Waals surface area contributed by atoms with Gasteiger partial charge in [0, 0.05) is 30.7 Å². The van der Waals surface area contributed by atoms with Crippen LogP contribution in [-0.2, 0) is 17.0 Å². The lowest BCUT2D eigenvalue weighted by Crippen LogP contribution is -2.31. The van der Waals surface area contributed by atoms with Crippen LogP contribution in [0.2, 0.25) is 0 Å². The number of benzene rings is 2. The Bertz CT molecular complexity index is 1290. The van der Waals surface area contributed by atoms with E-state index >= 15 is 0 Å². The van der Waals surface area contributed by atoms with Gasteiger partial charge >= 0.3 is 0 Å². The van der Waals surface area contributed by atoms with Crippen LogP contribution in [0.4, 0.5) is 4.39 Å². The number of imidazole rings is 1. The first-order valence-corrected chi connectivity index (χ1v) is 12.3. The van der Waals surface area contributed by atoms with E-state index in [4.69, 9.17) is 9.72 Å². The zero-order valence-electron chi connectivity index (χ0n) is 18.6. The van der Waals surface area contributed by atoms with Gasteiger partial charge in [-0.25, -0.2) is 14.4 Å². The number of ether oxygens (including phenoxy) is 1. The topological polar surface area (TPSA) is 69.0 Å². The molecule has 0 spiro atoms. The third-order valence-electron chi connectivity index (χ3n) is 5.80. The number of pyridine rings is 1. The Kier molecular flexibility index (Phi) is 6.87. The molecule has 3 heterocycles. The van der Waals surface area contributed by atoms with E-state index in [1.165, 1.54) is 6.07 Å². The molecule has 1 atom stereocenters. The number of carbonyl (C=O) groups excluding carboxylic acids is 1. The number of hydrogen-bond donors (Lipinski definition) is 1. The smallest absolute Gasteiger partial charge is 0.251 e. The average Bonchev–Trinajstić information content (AvgIpc) is 3.50. The van der Waals surface area contributed by atoms with Gasteiger partial charge in [0.25, 0.3) is 5.91 Å². The third-order valence-corrected chi connectivity index (χ3v) is 6.84. The standard InChI is InChI=1S/C26H25FN4O2S/c27-21-5-1-4-19(14-21)17-34-26-30-23-7-2-12-28-24(23)31(26)16-18-8-10-20(11-9-18)25(32)29-15-22-6-3-13-33-22/h1-2,4-5,7-12,14,22H,3,6,13,15-17H2,(H,29,32)/t22-/m0/s1. The van der Waals surface area contributed by atoms with Crippen molar-refractivity contribution in [3.8, 4) is 0 Å². The lowest BCUT2D eigenvalue weighted by molar-refractivity contribution is 0.0858. The molecule has 2 aromatic heterocycles. The summed E-state index contributed by atoms with van der Waals surface area (Å²) >= 11 is 1.55. The Hall–Kier alpha value is -3.23. The van der Waals surface area contributed by atoms with Crippen molar-refractivity contribution in [3.05, 3.63) is 89.4 Å². The quantitative estimate of drug-likeness (QED) is 0.369. The van der Waals surface area contributed by atoms with Crippen LogP contribution in [0.15, 0.2) is 72.0 Å². The summed E-state index contributed by atoms with van der Waals surface area (Å²) in [5.74, 6) is 0.265. The molecule has 8 heteroatoms. The van der Waals surface area contributed by atoms with E-state index in [0.29, 0.717) is 24.4 Å². The molecule has 1 fully saturated rings. The summed E-state index contributed by atoms with van der Waals surface area (Å²) in [4.78, 5) is 21.8. The minimum Gasteiger partial charge on any atom is -0.376 e. The van der Waals surface area contributed by atoms with Crippen molar-refractivity contribution in [1.29, 1.82) is 0 Å². The number of fused-ring (bicyclic) bond motifs is 1. The largest absolute Gasteiger partial charge is 0.376 e. The van der Waals surface area contributed by atoms with Gasteiger partial charge in [-0.2, -0.15) is 0 Å². The Labute approximate surface area is 201 Å². The second-order valence-electron chi connectivity index (χ2n) is 8.29. The molecule has 2 aromatic carbocycles. The minimum atomic E-state index is -0.242. The van der Waals surface area contributed by atoms with Crippen LogP contribution in [-0.4, -0.2) is 39.7 Å². The normalized spacial score (nSPS) is 15.6. The number of halogens is 1. The van der Waals surface area contributed by atoms with Crippen molar-refractivity contribution in [3.63, 3.8) is 0 Å². The zero-order valence-corrected chi connectivity index (χ0v) is 19.4. The fourth-order valence-corrected chi connectivity index (χ4v) is 4.97. The first-order valence-electron chi connectivity index (χ1n) is 11.3. The molecule has 1 aliphatic rings. The summed E-state index contributed by atoms with van der Waals surface area (Å²) in [6.07, 6.45) is 3.91. The molecule has 0 radical (unpaired) electrons. The number of amides is 1. The van der Waals surface area contributed by atoms with Crippen molar-refractivity contribution < 1.29 is 13.9 Å². The van der Waals surface area contributed by atoms with Crippen molar-refractivity contribution in [1.82, 2.24) is 19.9 Å². The maximum atomic E-state index is 13.6.